The summed E-state index contributed by atoms with van der Waals surface area (Å²) >= 11 is 0. The van der Waals surface area contributed by atoms with Crippen molar-refractivity contribution in [1.82, 2.24) is 0 Å². The highest BCUT2D eigenvalue weighted by atomic mass is 16.5. The van der Waals surface area contributed by atoms with Crippen LogP contribution in [-0.2, 0) is 4.74 Å². The van der Waals surface area contributed by atoms with Crippen molar-refractivity contribution in [3.63, 3.8) is 0 Å². The summed E-state index contributed by atoms with van der Waals surface area (Å²) in [5, 5.41) is 8.75. The van der Waals surface area contributed by atoms with Crippen LogP contribution in [0.25, 0.3) is 0 Å². The molecule has 0 bridgehead atoms. The lowest BCUT2D eigenvalue weighted by Gasteiger charge is -2.17. The summed E-state index contributed by atoms with van der Waals surface area (Å²) in [6, 6.07) is 0. The Kier molecular flexibility index (Phi) is 6.03. The largest absolute Gasteiger partial charge is 0.392 e. The number of aliphatic hydroxyl groups is 1. The van der Waals surface area contributed by atoms with E-state index in [0.29, 0.717) is 5.92 Å². The van der Waals surface area contributed by atoms with E-state index in [4.69, 9.17) is 9.84 Å². The summed E-state index contributed by atoms with van der Waals surface area (Å²) in [4.78, 5) is 0. The van der Waals surface area contributed by atoms with E-state index in [-0.39, 0.29) is 12.7 Å². The van der Waals surface area contributed by atoms with E-state index in [1.165, 1.54) is 0 Å². The second kappa shape index (κ2) is 6.21. The number of hydrogen-bond donors (Lipinski definition) is 1. The summed E-state index contributed by atoms with van der Waals surface area (Å²) in [7, 11) is 1.73. The number of hydrogen-bond acceptors (Lipinski definition) is 2. The predicted molar refractivity (Wildman–Crippen MR) is 51.1 cm³/mol. The predicted octanol–water partition coefficient (Wildman–Crippen LogP) is 1.99. The van der Waals surface area contributed by atoms with E-state index < -0.39 is 0 Å². The van der Waals surface area contributed by atoms with Gasteiger partial charge in [0.25, 0.3) is 0 Å². The van der Waals surface area contributed by atoms with Crippen molar-refractivity contribution < 1.29 is 9.84 Å². The van der Waals surface area contributed by atoms with Gasteiger partial charge in [-0.1, -0.05) is 25.5 Å². The van der Waals surface area contributed by atoms with Crippen LogP contribution in [0.15, 0.2) is 11.6 Å². The van der Waals surface area contributed by atoms with E-state index in [1.807, 2.05) is 13.0 Å². The minimum atomic E-state index is 0.147. The third-order valence-corrected chi connectivity index (χ3v) is 1.99. The minimum absolute atomic E-state index is 0.147. The molecule has 0 aliphatic heterocycles. The number of aliphatic hydroxyl groups excluding tert-OH is 1. The third-order valence-electron chi connectivity index (χ3n) is 1.99. The van der Waals surface area contributed by atoms with Crippen molar-refractivity contribution in [2.24, 2.45) is 5.92 Å². The molecule has 0 aromatic heterocycles. The van der Waals surface area contributed by atoms with Crippen molar-refractivity contribution in [2.75, 3.05) is 13.7 Å². The maximum absolute atomic E-state index is 8.75. The van der Waals surface area contributed by atoms with Gasteiger partial charge in [-0.25, -0.2) is 0 Å². The van der Waals surface area contributed by atoms with E-state index in [9.17, 15) is 0 Å². The normalized spacial score (nSPS) is 15.3. The Morgan fingerprint density at radius 1 is 1.50 bits per heavy atom. The first kappa shape index (κ1) is 11.7. The van der Waals surface area contributed by atoms with Crippen LogP contribution in [0.1, 0.15) is 27.2 Å². The van der Waals surface area contributed by atoms with Gasteiger partial charge in [-0.2, -0.15) is 0 Å². The first-order valence-electron chi connectivity index (χ1n) is 4.41. The molecule has 0 aliphatic carbocycles. The molecule has 1 atom stereocenters. The van der Waals surface area contributed by atoms with Crippen LogP contribution >= 0.6 is 0 Å². The Labute approximate surface area is 75.2 Å². The summed E-state index contributed by atoms with van der Waals surface area (Å²) in [6.45, 7) is 6.34. The quantitative estimate of drug-likeness (QED) is 0.643. The number of rotatable bonds is 5. The van der Waals surface area contributed by atoms with E-state index in [2.05, 4.69) is 13.8 Å². The lowest BCUT2D eigenvalue weighted by atomic mass is 10.0. The van der Waals surface area contributed by atoms with Crippen molar-refractivity contribution in [1.29, 1.82) is 0 Å². The maximum Gasteiger partial charge on any atom is 0.0639 e. The molecule has 1 N–H and O–H groups in total. The Morgan fingerprint density at radius 3 is 2.42 bits per heavy atom. The molecule has 0 spiro atoms. The molecule has 0 fully saturated rings. The molecule has 1 unspecified atom stereocenters. The first-order chi connectivity index (χ1) is 5.61. The lowest BCUT2D eigenvalue weighted by Crippen LogP contribution is -2.16. The van der Waals surface area contributed by atoms with Gasteiger partial charge in [0.05, 0.1) is 12.7 Å². The second-order valence-electron chi connectivity index (χ2n) is 3.46. The zero-order valence-electron chi connectivity index (χ0n) is 8.50. The third kappa shape index (κ3) is 4.52. The van der Waals surface area contributed by atoms with Gasteiger partial charge in [-0.15, -0.1) is 0 Å². The van der Waals surface area contributed by atoms with E-state index >= 15 is 0 Å². The first-order valence-corrected chi connectivity index (χ1v) is 4.41. The highest BCUT2D eigenvalue weighted by Gasteiger charge is 2.09. The molecule has 72 valence electrons. The minimum Gasteiger partial charge on any atom is -0.392 e. The summed E-state index contributed by atoms with van der Waals surface area (Å²) in [5.41, 5.74) is 1.01. The zero-order chi connectivity index (χ0) is 9.56. The molecule has 0 aromatic carbocycles. The molecule has 0 aliphatic rings. The molecular weight excluding hydrogens is 152 g/mol. The monoisotopic (exact) mass is 172 g/mol. The Hall–Kier alpha value is -0.340. The van der Waals surface area contributed by atoms with Crippen LogP contribution in [0.3, 0.4) is 0 Å². The topological polar surface area (TPSA) is 29.5 Å². The molecule has 0 amide bonds. The van der Waals surface area contributed by atoms with Gasteiger partial charge in [0.15, 0.2) is 0 Å². The molecule has 0 radical (unpaired) electrons. The smallest absolute Gasteiger partial charge is 0.0639 e. The number of methoxy groups -OCH3 is 1. The fraction of sp³-hybridized carbons (Fsp3) is 0.800. The summed E-state index contributed by atoms with van der Waals surface area (Å²) in [6.07, 6.45) is 3.20. The molecule has 0 saturated carbocycles. The standard InChI is InChI=1S/C10H20O2/c1-8(2)10(12-4)6-5-9(3)7-11/h5,8,10-11H,6-7H2,1-4H3. The average molecular weight is 172 g/mol. The molecule has 0 saturated heterocycles. The van der Waals surface area contributed by atoms with Crippen molar-refractivity contribution in [3.05, 3.63) is 11.6 Å². The Bertz CT molecular complexity index is 139. The number of ether oxygens (including phenoxy) is 1. The molecule has 12 heavy (non-hydrogen) atoms. The highest BCUT2D eigenvalue weighted by molar-refractivity contribution is 4.98. The molecule has 0 aromatic rings. The van der Waals surface area contributed by atoms with Gasteiger partial charge in [0, 0.05) is 7.11 Å². The molecule has 2 nitrogen and oxygen atoms in total. The van der Waals surface area contributed by atoms with Crippen LogP contribution in [0.4, 0.5) is 0 Å². The molecule has 0 heterocycles. The van der Waals surface area contributed by atoms with Crippen LogP contribution in [0.2, 0.25) is 0 Å². The Morgan fingerprint density at radius 2 is 2.08 bits per heavy atom. The van der Waals surface area contributed by atoms with Crippen LogP contribution in [-0.4, -0.2) is 24.9 Å². The van der Waals surface area contributed by atoms with Crippen LogP contribution in [0, 0.1) is 5.92 Å². The lowest BCUT2D eigenvalue weighted by molar-refractivity contribution is 0.0673. The van der Waals surface area contributed by atoms with Gasteiger partial charge in [-0.3, -0.25) is 0 Å². The van der Waals surface area contributed by atoms with Crippen LogP contribution < -0.4 is 0 Å². The summed E-state index contributed by atoms with van der Waals surface area (Å²) < 4.78 is 5.28. The molecule has 0 rings (SSSR count). The fourth-order valence-electron chi connectivity index (χ4n) is 1.02. The van der Waals surface area contributed by atoms with Crippen molar-refractivity contribution in [3.8, 4) is 0 Å². The highest BCUT2D eigenvalue weighted by Crippen LogP contribution is 2.11. The van der Waals surface area contributed by atoms with Crippen molar-refractivity contribution in [2.45, 2.75) is 33.3 Å². The maximum atomic E-state index is 8.75. The summed E-state index contributed by atoms with van der Waals surface area (Å²) in [5.74, 6) is 0.526. The van der Waals surface area contributed by atoms with Gasteiger partial charge in [-0.05, 0) is 19.3 Å². The molecule has 2 heteroatoms. The van der Waals surface area contributed by atoms with Gasteiger partial charge in [0.2, 0.25) is 0 Å². The van der Waals surface area contributed by atoms with E-state index in [0.717, 1.165) is 12.0 Å². The Balaban J connectivity index is 3.87. The van der Waals surface area contributed by atoms with Crippen molar-refractivity contribution >= 4 is 0 Å². The molecular formula is C10H20O2. The van der Waals surface area contributed by atoms with Gasteiger partial charge in [0.1, 0.15) is 0 Å². The fourth-order valence-corrected chi connectivity index (χ4v) is 1.02. The van der Waals surface area contributed by atoms with Crippen LogP contribution in [0.5, 0.6) is 0 Å². The zero-order valence-corrected chi connectivity index (χ0v) is 8.50. The van der Waals surface area contributed by atoms with E-state index in [1.54, 1.807) is 7.11 Å². The van der Waals surface area contributed by atoms with Gasteiger partial charge < -0.3 is 9.84 Å². The second-order valence-corrected chi connectivity index (χ2v) is 3.46. The SMILES string of the molecule is COC(CC=C(C)CO)C(C)C. The van der Waals surface area contributed by atoms with Gasteiger partial charge >= 0.3 is 0 Å². The average Bonchev–Trinajstić information content (AvgIpc) is 2.04.